The summed E-state index contributed by atoms with van der Waals surface area (Å²) in [5, 5.41) is 14.0. The third-order valence-corrected chi connectivity index (χ3v) is 5.02. The summed E-state index contributed by atoms with van der Waals surface area (Å²) in [5.41, 5.74) is 3.25. The summed E-state index contributed by atoms with van der Waals surface area (Å²) < 4.78 is 0.854. The minimum Gasteiger partial charge on any atom is -0.394 e. The molecule has 20 heavy (non-hydrogen) atoms. The Kier molecular flexibility index (Phi) is 3.76. The molecular weight excluding hydrogens is 338 g/mol. The van der Waals surface area contributed by atoms with Crippen molar-refractivity contribution in [2.75, 3.05) is 11.9 Å². The van der Waals surface area contributed by atoms with Gasteiger partial charge in [0.2, 0.25) is 0 Å². The molecule has 0 radical (unpaired) electrons. The van der Waals surface area contributed by atoms with E-state index in [0.717, 1.165) is 23.0 Å². The van der Waals surface area contributed by atoms with Crippen LogP contribution in [0.25, 0.3) is 0 Å². The normalized spacial score (nSPS) is 15.9. The summed E-state index contributed by atoms with van der Waals surface area (Å²) in [6, 6.07) is 14.1. The number of hydrogen-bond acceptors (Lipinski definition) is 2. The Morgan fingerprint density at radius 1 is 1.15 bits per heavy atom. The van der Waals surface area contributed by atoms with Crippen molar-refractivity contribution in [2.45, 2.75) is 18.4 Å². The lowest BCUT2D eigenvalue weighted by atomic mass is 9.96. The Labute approximate surface area is 131 Å². The number of rotatable bonds is 3. The van der Waals surface area contributed by atoms with Crippen LogP contribution >= 0.6 is 27.5 Å². The minimum atomic E-state index is -0.322. The lowest BCUT2D eigenvalue weighted by Gasteiger charge is -2.29. The average Bonchev–Trinajstić information content (AvgIpc) is 2.81. The fraction of sp³-hybridized carbons (Fsp3) is 0.250. The topological polar surface area (TPSA) is 32.3 Å². The third kappa shape index (κ3) is 2.58. The van der Waals surface area contributed by atoms with Crippen LogP contribution in [0.2, 0.25) is 5.02 Å². The number of benzene rings is 2. The summed E-state index contributed by atoms with van der Waals surface area (Å²) in [5.74, 6) is 0. The van der Waals surface area contributed by atoms with Gasteiger partial charge in [-0.25, -0.2) is 0 Å². The Bertz CT molecular complexity index is 619. The van der Waals surface area contributed by atoms with Crippen LogP contribution in [0, 0.1) is 0 Å². The highest BCUT2D eigenvalue weighted by atomic mass is 79.9. The second-order valence-electron chi connectivity index (χ2n) is 5.31. The van der Waals surface area contributed by atoms with E-state index < -0.39 is 0 Å². The molecule has 0 spiro atoms. The van der Waals surface area contributed by atoms with Crippen LogP contribution in [-0.4, -0.2) is 17.3 Å². The van der Waals surface area contributed by atoms with Gasteiger partial charge in [0.05, 0.1) is 17.2 Å². The highest BCUT2D eigenvalue weighted by Gasteiger charge is 2.36. The van der Waals surface area contributed by atoms with Crippen LogP contribution < -0.4 is 5.32 Å². The van der Waals surface area contributed by atoms with Crippen molar-refractivity contribution in [3.8, 4) is 0 Å². The van der Waals surface area contributed by atoms with E-state index in [2.05, 4.69) is 33.4 Å². The van der Waals surface area contributed by atoms with Gasteiger partial charge in [-0.05, 0) is 58.1 Å². The van der Waals surface area contributed by atoms with E-state index in [0.29, 0.717) is 5.02 Å². The van der Waals surface area contributed by atoms with Crippen LogP contribution in [0.4, 0.5) is 5.69 Å². The summed E-state index contributed by atoms with van der Waals surface area (Å²) in [6.45, 7) is 0.0991. The van der Waals surface area contributed by atoms with Gasteiger partial charge in [-0.15, -0.1) is 0 Å². The first kappa shape index (κ1) is 13.9. The van der Waals surface area contributed by atoms with Crippen molar-refractivity contribution in [3.63, 3.8) is 0 Å². The maximum atomic E-state index is 9.87. The van der Waals surface area contributed by atoms with Gasteiger partial charge < -0.3 is 10.4 Å². The maximum absolute atomic E-state index is 9.87. The first-order valence-electron chi connectivity index (χ1n) is 6.53. The van der Waals surface area contributed by atoms with Crippen LogP contribution in [0.15, 0.2) is 46.9 Å². The van der Waals surface area contributed by atoms with Crippen molar-refractivity contribution in [1.29, 1.82) is 0 Å². The molecule has 0 aliphatic heterocycles. The molecule has 2 aromatic carbocycles. The Balaban J connectivity index is 1.87. The monoisotopic (exact) mass is 351 g/mol. The first-order chi connectivity index (χ1) is 9.62. The zero-order valence-electron chi connectivity index (χ0n) is 10.9. The van der Waals surface area contributed by atoms with Crippen LogP contribution in [0.3, 0.4) is 0 Å². The maximum Gasteiger partial charge on any atom is 0.0684 e. The van der Waals surface area contributed by atoms with E-state index in [1.54, 1.807) is 0 Å². The molecule has 0 saturated carbocycles. The fourth-order valence-corrected chi connectivity index (χ4v) is 3.31. The predicted octanol–water partition coefficient (Wildman–Crippen LogP) is 4.04. The van der Waals surface area contributed by atoms with Gasteiger partial charge in [0.15, 0.2) is 0 Å². The molecule has 0 bridgehead atoms. The van der Waals surface area contributed by atoms with Crippen LogP contribution in [-0.2, 0) is 12.8 Å². The summed E-state index contributed by atoms with van der Waals surface area (Å²) >= 11 is 9.44. The summed E-state index contributed by atoms with van der Waals surface area (Å²) in [7, 11) is 0. The van der Waals surface area contributed by atoms with E-state index in [-0.39, 0.29) is 12.1 Å². The number of anilines is 1. The number of hydrogen-bond donors (Lipinski definition) is 2. The Morgan fingerprint density at radius 3 is 2.35 bits per heavy atom. The van der Waals surface area contributed by atoms with Gasteiger partial charge in [0.25, 0.3) is 0 Å². The van der Waals surface area contributed by atoms with Crippen molar-refractivity contribution in [3.05, 3.63) is 63.1 Å². The SMILES string of the molecule is OCC1(Nc2ccc(Cl)c(Br)c2)Cc2ccccc2C1. The number of aliphatic hydroxyl groups is 1. The van der Waals surface area contributed by atoms with Crippen LogP contribution in [0.5, 0.6) is 0 Å². The van der Waals surface area contributed by atoms with Gasteiger partial charge in [-0.3, -0.25) is 0 Å². The van der Waals surface area contributed by atoms with Gasteiger partial charge in [-0.1, -0.05) is 35.9 Å². The number of halogens is 2. The third-order valence-electron chi connectivity index (χ3n) is 3.81. The summed E-state index contributed by atoms with van der Waals surface area (Å²) in [4.78, 5) is 0. The lowest BCUT2D eigenvalue weighted by molar-refractivity contribution is 0.216. The van der Waals surface area contributed by atoms with Gasteiger partial charge in [0.1, 0.15) is 0 Å². The van der Waals surface area contributed by atoms with Crippen molar-refractivity contribution in [2.24, 2.45) is 0 Å². The molecular formula is C16H15BrClNO. The average molecular weight is 353 g/mol. The van der Waals surface area contributed by atoms with Crippen LogP contribution in [0.1, 0.15) is 11.1 Å². The van der Waals surface area contributed by atoms with Gasteiger partial charge >= 0.3 is 0 Å². The highest BCUT2D eigenvalue weighted by molar-refractivity contribution is 9.10. The molecule has 104 valence electrons. The molecule has 2 aromatic rings. The van der Waals surface area contributed by atoms with E-state index >= 15 is 0 Å². The van der Waals surface area contributed by atoms with Crippen molar-refractivity contribution >= 4 is 33.2 Å². The second-order valence-corrected chi connectivity index (χ2v) is 6.58. The molecule has 3 rings (SSSR count). The van der Waals surface area contributed by atoms with E-state index in [4.69, 9.17) is 11.6 Å². The zero-order valence-corrected chi connectivity index (χ0v) is 13.2. The molecule has 0 amide bonds. The molecule has 0 unspecified atom stereocenters. The van der Waals surface area contributed by atoms with Gasteiger partial charge in [0, 0.05) is 10.2 Å². The summed E-state index contributed by atoms with van der Waals surface area (Å²) in [6.07, 6.45) is 1.67. The molecule has 1 aliphatic rings. The zero-order chi connectivity index (χ0) is 14.2. The smallest absolute Gasteiger partial charge is 0.0684 e. The second kappa shape index (κ2) is 5.40. The standard InChI is InChI=1S/C16H15BrClNO/c17-14-7-13(5-6-15(14)18)19-16(10-20)8-11-3-1-2-4-12(11)9-16/h1-7,19-20H,8-10H2. The Hall–Kier alpha value is -1.03. The molecule has 4 heteroatoms. The predicted molar refractivity (Wildman–Crippen MR) is 86.4 cm³/mol. The van der Waals surface area contributed by atoms with Crippen molar-refractivity contribution < 1.29 is 5.11 Å². The van der Waals surface area contributed by atoms with Crippen molar-refractivity contribution in [1.82, 2.24) is 0 Å². The van der Waals surface area contributed by atoms with E-state index in [1.165, 1.54) is 11.1 Å². The first-order valence-corrected chi connectivity index (χ1v) is 7.70. The molecule has 2 nitrogen and oxygen atoms in total. The molecule has 1 aliphatic carbocycles. The molecule has 0 fully saturated rings. The van der Waals surface area contributed by atoms with E-state index in [9.17, 15) is 5.11 Å². The molecule has 2 N–H and O–H groups in total. The highest BCUT2D eigenvalue weighted by Crippen LogP contribution is 2.34. The Morgan fingerprint density at radius 2 is 1.80 bits per heavy atom. The molecule has 0 saturated heterocycles. The largest absolute Gasteiger partial charge is 0.394 e. The number of nitrogens with one attached hydrogen (secondary N) is 1. The van der Waals surface area contributed by atoms with Gasteiger partial charge in [-0.2, -0.15) is 0 Å². The van der Waals surface area contributed by atoms with E-state index in [1.807, 2.05) is 30.3 Å². The molecule has 0 heterocycles. The molecule has 0 aromatic heterocycles. The number of aliphatic hydroxyl groups excluding tert-OH is 1. The lowest BCUT2D eigenvalue weighted by Crippen LogP contribution is -2.43. The minimum absolute atomic E-state index is 0.0991. The quantitative estimate of drug-likeness (QED) is 0.873. The molecule has 0 atom stereocenters. The fourth-order valence-electron chi connectivity index (χ4n) is 2.81. The number of fused-ring (bicyclic) bond motifs is 1.